The van der Waals surface area contributed by atoms with Crippen LogP contribution in [0, 0.1) is 6.92 Å². The molecule has 0 aliphatic heterocycles. The number of carbonyl (C=O) groups excluding carboxylic acids is 1. The highest BCUT2D eigenvalue weighted by Crippen LogP contribution is 2.25. The standard InChI is InChI=1S/C14H19ClN2O/c1-3-17(12-6-4-5-7-12)14(18)11-8-10(2)16-13(15)9-11/h8-9,12H,3-7H2,1-2H3. The van der Waals surface area contributed by atoms with Crippen molar-refractivity contribution in [1.82, 2.24) is 9.88 Å². The molecule has 0 bridgehead atoms. The molecule has 1 amide bonds. The van der Waals surface area contributed by atoms with Crippen LogP contribution in [-0.2, 0) is 0 Å². The van der Waals surface area contributed by atoms with E-state index in [1.165, 1.54) is 12.8 Å². The Hall–Kier alpha value is -1.09. The fourth-order valence-electron chi connectivity index (χ4n) is 2.70. The second-order valence-electron chi connectivity index (χ2n) is 4.85. The lowest BCUT2D eigenvalue weighted by molar-refractivity contribution is 0.0693. The van der Waals surface area contributed by atoms with Gasteiger partial charge in [-0.3, -0.25) is 4.79 Å². The van der Waals surface area contributed by atoms with E-state index < -0.39 is 0 Å². The van der Waals surface area contributed by atoms with Crippen LogP contribution in [0.2, 0.25) is 5.15 Å². The third kappa shape index (κ3) is 2.83. The van der Waals surface area contributed by atoms with Crippen molar-refractivity contribution in [3.8, 4) is 0 Å². The summed E-state index contributed by atoms with van der Waals surface area (Å²) < 4.78 is 0. The molecule has 1 aromatic heterocycles. The fraction of sp³-hybridized carbons (Fsp3) is 0.571. The first kappa shape index (κ1) is 13.3. The zero-order valence-electron chi connectivity index (χ0n) is 10.9. The normalized spacial score (nSPS) is 15.9. The maximum Gasteiger partial charge on any atom is 0.254 e. The van der Waals surface area contributed by atoms with Gasteiger partial charge >= 0.3 is 0 Å². The number of aryl methyl sites for hydroxylation is 1. The zero-order valence-corrected chi connectivity index (χ0v) is 11.7. The molecule has 2 rings (SSSR count). The molecule has 0 spiro atoms. The fourth-order valence-corrected chi connectivity index (χ4v) is 2.95. The molecule has 1 aromatic rings. The predicted molar refractivity (Wildman–Crippen MR) is 73.0 cm³/mol. The van der Waals surface area contributed by atoms with Crippen LogP contribution in [0.5, 0.6) is 0 Å². The summed E-state index contributed by atoms with van der Waals surface area (Å²) in [6.07, 6.45) is 4.70. The van der Waals surface area contributed by atoms with E-state index in [4.69, 9.17) is 11.6 Å². The Bertz CT molecular complexity index is 421. The minimum absolute atomic E-state index is 0.0804. The van der Waals surface area contributed by atoms with Crippen molar-refractivity contribution in [2.45, 2.75) is 45.6 Å². The van der Waals surface area contributed by atoms with Gasteiger partial charge in [0.05, 0.1) is 0 Å². The van der Waals surface area contributed by atoms with E-state index in [1.54, 1.807) is 6.07 Å². The summed E-state index contributed by atoms with van der Waals surface area (Å²) in [5.41, 5.74) is 1.44. The Labute approximate surface area is 113 Å². The molecule has 3 nitrogen and oxygen atoms in total. The van der Waals surface area contributed by atoms with E-state index >= 15 is 0 Å². The third-order valence-electron chi connectivity index (χ3n) is 3.54. The number of nitrogens with zero attached hydrogens (tertiary/aromatic N) is 2. The summed E-state index contributed by atoms with van der Waals surface area (Å²) in [6.45, 7) is 4.64. The number of rotatable bonds is 3. The van der Waals surface area contributed by atoms with Crippen LogP contribution in [-0.4, -0.2) is 28.4 Å². The van der Waals surface area contributed by atoms with Gasteiger partial charge in [0.1, 0.15) is 5.15 Å². The van der Waals surface area contributed by atoms with E-state index in [1.807, 2.05) is 24.8 Å². The number of amides is 1. The molecule has 0 aromatic carbocycles. The monoisotopic (exact) mass is 266 g/mol. The summed E-state index contributed by atoms with van der Waals surface area (Å²) in [5, 5.41) is 0.390. The van der Waals surface area contributed by atoms with Crippen LogP contribution < -0.4 is 0 Å². The van der Waals surface area contributed by atoms with Crippen LogP contribution in [0.15, 0.2) is 12.1 Å². The Morgan fingerprint density at radius 2 is 2.11 bits per heavy atom. The average Bonchev–Trinajstić information content (AvgIpc) is 2.82. The summed E-state index contributed by atoms with van der Waals surface area (Å²) in [7, 11) is 0. The lowest BCUT2D eigenvalue weighted by Crippen LogP contribution is -2.38. The second-order valence-corrected chi connectivity index (χ2v) is 5.24. The largest absolute Gasteiger partial charge is 0.336 e. The van der Waals surface area contributed by atoms with Gasteiger partial charge in [0, 0.05) is 23.8 Å². The molecule has 1 aliphatic rings. The minimum Gasteiger partial charge on any atom is -0.336 e. The number of pyridine rings is 1. The zero-order chi connectivity index (χ0) is 13.1. The molecule has 0 radical (unpaired) electrons. The predicted octanol–water partition coefficient (Wildman–Crippen LogP) is 3.45. The number of hydrogen-bond donors (Lipinski definition) is 0. The van der Waals surface area contributed by atoms with Gasteiger partial charge in [-0.25, -0.2) is 4.98 Å². The van der Waals surface area contributed by atoms with Gasteiger partial charge in [-0.2, -0.15) is 0 Å². The first-order chi connectivity index (χ1) is 8.61. The van der Waals surface area contributed by atoms with Gasteiger partial charge in [-0.15, -0.1) is 0 Å². The first-order valence-electron chi connectivity index (χ1n) is 6.57. The van der Waals surface area contributed by atoms with Crippen LogP contribution >= 0.6 is 11.6 Å². The molecule has 0 N–H and O–H groups in total. The lowest BCUT2D eigenvalue weighted by Gasteiger charge is -2.27. The molecule has 0 atom stereocenters. The smallest absolute Gasteiger partial charge is 0.254 e. The second kappa shape index (κ2) is 5.70. The average molecular weight is 267 g/mol. The molecule has 0 saturated heterocycles. The van der Waals surface area contributed by atoms with Crippen molar-refractivity contribution < 1.29 is 4.79 Å². The van der Waals surface area contributed by atoms with Crippen LogP contribution in [0.1, 0.15) is 48.7 Å². The van der Waals surface area contributed by atoms with Crippen LogP contribution in [0.25, 0.3) is 0 Å². The van der Waals surface area contributed by atoms with Crippen molar-refractivity contribution in [3.05, 3.63) is 28.5 Å². The topological polar surface area (TPSA) is 33.2 Å². The van der Waals surface area contributed by atoms with E-state index in [-0.39, 0.29) is 5.91 Å². The quantitative estimate of drug-likeness (QED) is 0.785. The van der Waals surface area contributed by atoms with E-state index in [0.29, 0.717) is 16.8 Å². The molecular weight excluding hydrogens is 248 g/mol. The van der Waals surface area contributed by atoms with Gasteiger partial charge in [-0.05, 0) is 38.8 Å². The molecular formula is C14H19ClN2O. The van der Waals surface area contributed by atoms with Crippen molar-refractivity contribution in [3.63, 3.8) is 0 Å². The summed E-state index contributed by atoms with van der Waals surface area (Å²) in [4.78, 5) is 18.6. The van der Waals surface area contributed by atoms with E-state index in [2.05, 4.69) is 4.98 Å². The number of carbonyl (C=O) groups is 1. The first-order valence-corrected chi connectivity index (χ1v) is 6.94. The van der Waals surface area contributed by atoms with E-state index in [0.717, 1.165) is 25.1 Å². The summed E-state index contributed by atoms with van der Waals surface area (Å²) in [6, 6.07) is 3.87. The van der Waals surface area contributed by atoms with Crippen molar-refractivity contribution >= 4 is 17.5 Å². The number of hydrogen-bond acceptors (Lipinski definition) is 2. The highest BCUT2D eigenvalue weighted by Gasteiger charge is 2.26. The molecule has 98 valence electrons. The Morgan fingerprint density at radius 1 is 1.44 bits per heavy atom. The van der Waals surface area contributed by atoms with Gasteiger partial charge in [0.25, 0.3) is 5.91 Å². The molecule has 1 saturated carbocycles. The number of halogens is 1. The van der Waals surface area contributed by atoms with Crippen molar-refractivity contribution in [2.75, 3.05) is 6.54 Å². The molecule has 18 heavy (non-hydrogen) atoms. The third-order valence-corrected chi connectivity index (χ3v) is 3.73. The Morgan fingerprint density at radius 3 is 2.67 bits per heavy atom. The Kier molecular flexibility index (Phi) is 4.23. The number of aromatic nitrogens is 1. The lowest BCUT2D eigenvalue weighted by atomic mass is 10.1. The molecule has 1 aliphatic carbocycles. The summed E-state index contributed by atoms with van der Waals surface area (Å²) in [5.74, 6) is 0.0804. The molecule has 1 heterocycles. The SMILES string of the molecule is CCN(C(=O)c1cc(C)nc(Cl)c1)C1CCCC1. The maximum atomic E-state index is 12.5. The molecule has 1 fully saturated rings. The van der Waals surface area contributed by atoms with Crippen LogP contribution in [0.3, 0.4) is 0 Å². The minimum atomic E-state index is 0.0804. The van der Waals surface area contributed by atoms with Crippen molar-refractivity contribution in [2.24, 2.45) is 0 Å². The Balaban J connectivity index is 2.22. The highest BCUT2D eigenvalue weighted by molar-refractivity contribution is 6.29. The molecule has 0 unspecified atom stereocenters. The highest BCUT2D eigenvalue weighted by atomic mass is 35.5. The van der Waals surface area contributed by atoms with Gasteiger partial charge in [0.15, 0.2) is 0 Å². The van der Waals surface area contributed by atoms with Gasteiger partial charge < -0.3 is 4.90 Å². The van der Waals surface area contributed by atoms with E-state index in [9.17, 15) is 4.79 Å². The van der Waals surface area contributed by atoms with Crippen molar-refractivity contribution in [1.29, 1.82) is 0 Å². The van der Waals surface area contributed by atoms with Crippen LogP contribution in [0.4, 0.5) is 0 Å². The summed E-state index contributed by atoms with van der Waals surface area (Å²) >= 11 is 5.92. The maximum absolute atomic E-state index is 12.5. The molecule has 4 heteroatoms. The van der Waals surface area contributed by atoms with Gasteiger partial charge in [-0.1, -0.05) is 24.4 Å². The van der Waals surface area contributed by atoms with Gasteiger partial charge in [0.2, 0.25) is 0 Å².